The van der Waals surface area contributed by atoms with E-state index in [9.17, 15) is 0 Å². The number of aromatic nitrogens is 4. The number of pyridine rings is 1. The highest BCUT2D eigenvalue weighted by molar-refractivity contribution is 6.23. The molecule has 0 aliphatic heterocycles. The summed E-state index contributed by atoms with van der Waals surface area (Å²) in [6, 6.07) is 57.4. The number of hydrogen-bond acceptors (Lipinski definition) is 3. The van der Waals surface area contributed by atoms with Crippen molar-refractivity contribution in [2.45, 2.75) is 12.8 Å². The van der Waals surface area contributed by atoms with Crippen LogP contribution in [0.25, 0.3) is 94.7 Å². The van der Waals surface area contributed by atoms with Gasteiger partial charge in [-0.1, -0.05) is 152 Å². The van der Waals surface area contributed by atoms with Gasteiger partial charge in [0.15, 0.2) is 5.82 Å². The molecule has 3 heterocycles. The van der Waals surface area contributed by atoms with Crippen LogP contribution in [0.1, 0.15) is 12.8 Å². The van der Waals surface area contributed by atoms with Crippen molar-refractivity contribution in [2.24, 2.45) is 0 Å². The molecule has 0 saturated heterocycles. The van der Waals surface area contributed by atoms with Crippen molar-refractivity contribution in [3.8, 4) is 56.3 Å². The molecule has 4 heteroatoms. The fourth-order valence-electron chi connectivity index (χ4n) is 7.68. The zero-order valence-electron chi connectivity index (χ0n) is 29.0. The second-order valence-electron chi connectivity index (χ2n) is 13.5. The summed E-state index contributed by atoms with van der Waals surface area (Å²) in [6.45, 7) is 0. The summed E-state index contributed by atoms with van der Waals surface area (Å²) in [4.78, 5) is 15.8. The van der Waals surface area contributed by atoms with Crippen LogP contribution in [0.5, 0.6) is 0 Å². The molecule has 4 nitrogen and oxygen atoms in total. The van der Waals surface area contributed by atoms with Gasteiger partial charge >= 0.3 is 0 Å². The molecule has 0 bridgehead atoms. The lowest BCUT2D eigenvalue weighted by molar-refractivity contribution is 1.02. The molecule has 0 unspecified atom stereocenters. The Morgan fingerprint density at radius 3 is 1.81 bits per heavy atom. The Morgan fingerprint density at radius 1 is 0.453 bits per heavy atom. The van der Waals surface area contributed by atoms with Crippen molar-refractivity contribution in [3.63, 3.8) is 0 Å². The van der Waals surface area contributed by atoms with Crippen LogP contribution in [0.2, 0.25) is 0 Å². The lowest BCUT2D eigenvalue weighted by atomic mass is 10.00. The van der Waals surface area contributed by atoms with Gasteiger partial charge in [0.1, 0.15) is 0 Å². The van der Waals surface area contributed by atoms with E-state index in [-0.39, 0.29) is 0 Å². The van der Waals surface area contributed by atoms with Gasteiger partial charge in [0.2, 0.25) is 0 Å². The Hall–Kier alpha value is -6.91. The topological polar surface area (TPSA) is 43.6 Å². The van der Waals surface area contributed by atoms with Crippen LogP contribution < -0.4 is 0 Å². The molecule has 0 radical (unpaired) electrons. The highest BCUT2D eigenvalue weighted by atomic mass is 15.0. The first-order valence-electron chi connectivity index (χ1n) is 18.2. The highest BCUT2D eigenvalue weighted by Gasteiger charge is 2.21. The van der Waals surface area contributed by atoms with E-state index in [0.29, 0.717) is 5.82 Å². The summed E-state index contributed by atoms with van der Waals surface area (Å²) in [7, 11) is 0. The molecule has 0 amide bonds. The first kappa shape index (κ1) is 30.9. The van der Waals surface area contributed by atoms with Crippen molar-refractivity contribution in [2.75, 3.05) is 0 Å². The number of rotatable bonds is 6. The van der Waals surface area contributed by atoms with Gasteiger partial charge in [-0.2, -0.15) is 0 Å². The van der Waals surface area contributed by atoms with E-state index >= 15 is 0 Å². The summed E-state index contributed by atoms with van der Waals surface area (Å²) < 4.78 is 2.43. The summed E-state index contributed by atoms with van der Waals surface area (Å²) in [5, 5.41) is 3.47. The zero-order valence-corrected chi connectivity index (χ0v) is 29.0. The van der Waals surface area contributed by atoms with Gasteiger partial charge in [0, 0.05) is 44.1 Å². The van der Waals surface area contributed by atoms with Crippen LogP contribution in [0.3, 0.4) is 0 Å². The molecular formula is C49H34N4. The van der Waals surface area contributed by atoms with Crippen molar-refractivity contribution in [3.05, 3.63) is 182 Å². The highest BCUT2D eigenvalue weighted by Crippen LogP contribution is 2.42. The minimum absolute atomic E-state index is 0.673. The molecule has 0 atom stereocenters. The average Bonchev–Trinajstić information content (AvgIpc) is 3.60. The van der Waals surface area contributed by atoms with Gasteiger partial charge in [0.05, 0.1) is 33.6 Å². The summed E-state index contributed by atoms with van der Waals surface area (Å²) in [6.07, 6.45) is 8.98. The number of benzene rings is 6. The van der Waals surface area contributed by atoms with Crippen LogP contribution in [-0.2, 0) is 0 Å². The number of para-hydroxylation sites is 2. The molecule has 0 saturated carbocycles. The molecule has 0 fully saturated rings. The number of nitrogens with zero attached hydrogens (tertiary/aromatic N) is 4. The van der Waals surface area contributed by atoms with Gasteiger partial charge in [-0.25, -0.2) is 15.0 Å². The molecule has 3 aromatic heterocycles. The molecule has 1 aliphatic carbocycles. The van der Waals surface area contributed by atoms with E-state index < -0.39 is 0 Å². The molecule has 250 valence electrons. The van der Waals surface area contributed by atoms with E-state index in [1.165, 1.54) is 33.2 Å². The van der Waals surface area contributed by atoms with Crippen molar-refractivity contribution >= 4 is 38.4 Å². The normalized spacial score (nSPS) is 12.8. The Morgan fingerprint density at radius 2 is 1.06 bits per heavy atom. The fourth-order valence-corrected chi connectivity index (χ4v) is 7.68. The quantitative estimate of drug-likeness (QED) is 0.176. The molecule has 6 aromatic carbocycles. The maximum atomic E-state index is 5.39. The number of allylic oxidation sites excluding steroid dienone is 4. The average molecular weight is 679 g/mol. The third kappa shape index (κ3) is 5.53. The SMILES string of the molecule is C1=CC(n2c3ccccc3c3c(-c4cccc(-c5nc(-c6ccccc6)cc(-c6ccc(-c7ccccc7)cc6)n5)c4)nc4ccccc4c32)=CCC1. The van der Waals surface area contributed by atoms with Gasteiger partial charge < -0.3 is 4.57 Å². The smallest absolute Gasteiger partial charge is 0.160 e. The minimum Gasteiger partial charge on any atom is -0.309 e. The Labute approximate surface area is 308 Å². The summed E-state index contributed by atoms with van der Waals surface area (Å²) in [5.74, 6) is 0.673. The molecular weight excluding hydrogens is 645 g/mol. The Balaban J connectivity index is 1.16. The van der Waals surface area contributed by atoms with E-state index in [1.807, 2.05) is 12.1 Å². The number of hydrogen-bond donors (Lipinski definition) is 0. The van der Waals surface area contributed by atoms with Gasteiger partial charge in [-0.3, -0.25) is 0 Å². The van der Waals surface area contributed by atoms with Gasteiger partial charge in [-0.15, -0.1) is 0 Å². The van der Waals surface area contributed by atoms with E-state index in [2.05, 4.69) is 174 Å². The fraction of sp³-hybridized carbons (Fsp3) is 0.0408. The maximum absolute atomic E-state index is 5.39. The van der Waals surface area contributed by atoms with Crippen LogP contribution in [0, 0.1) is 0 Å². The van der Waals surface area contributed by atoms with Crippen LogP contribution in [0.15, 0.2) is 182 Å². The zero-order chi connectivity index (χ0) is 35.1. The van der Waals surface area contributed by atoms with Crippen LogP contribution >= 0.6 is 0 Å². The van der Waals surface area contributed by atoms with Gasteiger partial charge in [-0.05, 0) is 54.3 Å². The predicted molar refractivity (Wildman–Crippen MR) is 220 cm³/mol. The largest absolute Gasteiger partial charge is 0.309 e. The molecule has 0 spiro atoms. The van der Waals surface area contributed by atoms with E-state index in [1.54, 1.807) is 0 Å². The second kappa shape index (κ2) is 13.0. The van der Waals surface area contributed by atoms with Crippen molar-refractivity contribution in [1.29, 1.82) is 0 Å². The lowest BCUT2D eigenvalue weighted by Crippen LogP contribution is -1.99. The first-order chi connectivity index (χ1) is 26.3. The second-order valence-corrected chi connectivity index (χ2v) is 13.5. The Kier molecular flexibility index (Phi) is 7.58. The van der Waals surface area contributed by atoms with Crippen molar-refractivity contribution < 1.29 is 0 Å². The van der Waals surface area contributed by atoms with Crippen molar-refractivity contribution in [1.82, 2.24) is 19.5 Å². The van der Waals surface area contributed by atoms with E-state index in [0.717, 1.165) is 68.5 Å². The monoisotopic (exact) mass is 678 g/mol. The third-order valence-corrected chi connectivity index (χ3v) is 10.2. The molecule has 1 aliphatic rings. The molecule has 9 aromatic rings. The minimum atomic E-state index is 0.673. The lowest BCUT2D eigenvalue weighted by Gasteiger charge is -2.14. The summed E-state index contributed by atoms with van der Waals surface area (Å²) >= 11 is 0. The van der Waals surface area contributed by atoms with Crippen LogP contribution in [0.4, 0.5) is 0 Å². The van der Waals surface area contributed by atoms with Crippen LogP contribution in [-0.4, -0.2) is 19.5 Å². The predicted octanol–water partition coefficient (Wildman–Crippen LogP) is 12.7. The number of fused-ring (bicyclic) bond motifs is 5. The third-order valence-electron chi connectivity index (χ3n) is 10.2. The Bertz CT molecular complexity index is 2870. The van der Waals surface area contributed by atoms with E-state index in [4.69, 9.17) is 15.0 Å². The first-order valence-corrected chi connectivity index (χ1v) is 18.2. The molecule has 0 N–H and O–H groups in total. The molecule has 53 heavy (non-hydrogen) atoms. The molecule has 10 rings (SSSR count). The standard InChI is InChI=1S/C49H34N4/c1-4-15-33(16-5-1)34-27-29-36(30-28-34)44-32-43(35-17-6-2-7-18-35)51-49(52-44)38-20-14-19-37(31-38)47-46-41-24-11-13-26-45(41)53(39-21-8-3-9-22-39)48(46)40-23-10-12-25-42(40)50-47/h1-2,4-8,10-32H,3,9H2. The van der Waals surface area contributed by atoms with Gasteiger partial charge in [0.25, 0.3) is 0 Å². The summed E-state index contributed by atoms with van der Waals surface area (Å²) in [5.41, 5.74) is 13.6. The maximum Gasteiger partial charge on any atom is 0.160 e.